The van der Waals surface area contributed by atoms with Crippen molar-refractivity contribution in [1.82, 2.24) is 10.6 Å². The fourth-order valence-corrected chi connectivity index (χ4v) is 2.98. The van der Waals surface area contributed by atoms with E-state index in [1.807, 2.05) is 0 Å². The second-order valence-corrected chi connectivity index (χ2v) is 5.40. The zero-order chi connectivity index (χ0) is 14.5. The summed E-state index contributed by atoms with van der Waals surface area (Å²) < 4.78 is 10.6. The molecular weight excluding hydrogens is 284 g/mol. The van der Waals surface area contributed by atoms with Crippen molar-refractivity contribution in [1.29, 1.82) is 0 Å². The van der Waals surface area contributed by atoms with E-state index in [0.29, 0.717) is 16.3 Å². The standard InChI is InChI=1S/C13H13ClN2O4/c1-13-9(11(17)19-2)10(15-12(18)16-13)7-5-6(14)3-4-8(7)20-13/h3-5,9-10H,1-2H3,(H2,15,16,18). The zero-order valence-electron chi connectivity index (χ0n) is 10.9. The van der Waals surface area contributed by atoms with Crippen LogP contribution in [-0.4, -0.2) is 24.8 Å². The monoisotopic (exact) mass is 296 g/mol. The van der Waals surface area contributed by atoms with Crippen molar-refractivity contribution >= 4 is 23.6 Å². The van der Waals surface area contributed by atoms with Gasteiger partial charge in [-0.15, -0.1) is 0 Å². The lowest BCUT2D eigenvalue weighted by molar-refractivity contribution is -0.160. The predicted octanol–water partition coefficient (Wildman–Crippen LogP) is 1.59. The van der Waals surface area contributed by atoms with Crippen molar-refractivity contribution in [2.75, 3.05) is 7.11 Å². The fourth-order valence-electron chi connectivity index (χ4n) is 2.80. The van der Waals surface area contributed by atoms with Gasteiger partial charge in [0.25, 0.3) is 0 Å². The average Bonchev–Trinajstić information content (AvgIpc) is 2.38. The van der Waals surface area contributed by atoms with Crippen molar-refractivity contribution in [2.45, 2.75) is 18.7 Å². The molecule has 0 aromatic heterocycles. The number of carbonyl (C=O) groups excluding carboxylic acids is 2. The van der Waals surface area contributed by atoms with E-state index < -0.39 is 29.7 Å². The highest BCUT2D eigenvalue weighted by molar-refractivity contribution is 6.30. The van der Waals surface area contributed by atoms with Crippen LogP contribution >= 0.6 is 11.6 Å². The van der Waals surface area contributed by atoms with Gasteiger partial charge in [0.2, 0.25) is 0 Å². The van der Waals surface area contributed by atoms with Crippen LogP contribution in [0.25, 0.3) is 0 Å². The molecule has 0 radical (unpaired) electrons. The number of hydrogen-bond donors (Lipinski definition) is 2. The Morgan fingerprint density at radius 1 is 1.50 bits per heavy atom. The first kappa shape index (κ1) is 13.1. The van der Waals surface area contributed by atoms with Gasteiger partial charge < -0.3 is 14.8 Å². The number of carbonyl (C=O) groups is 2. The van der Waals surface area contributed by atoms with E-state index in [1.165, 1.54) is 7.11 Å². The van der Waals surface area contributed by atoms with Crippen LogP contribution in [0.4, 0.5) is 4.79 Å². The molecule has 2 heterocycles. The number of hydrogen-bond acceptors (Lipinski definition) is 4. The van der Waals surface area contributed by atoms with Gasteiger partial charge in [0.1, 0.15) is 11.7 Å². The summed E-state index contributed by atoms with van der Waals surface area (Å²) in [5, 5.41) is 5.88. The van der Waals surface area contributed by atoms with Gasteiger partial charge in [-0.25, -0.2) is 4.79 Å². The summed E-state index contributed by atoms with van der Waals surface area (Å²) in [4.78, 5) is 23.8. The predicted molar refractivity (Wildman–Crippen MR) is 70.4 cm³/mol. The third-order valence-electron chi connectivity index (χ3n) is 3.66. The Morgan fingerprint density at radius 2 is 2.25 bits per heavy atom. The lowest BCUT2D eigenvalue weighted by Gasteiger charge is -2.48. The van der Waals surface area contributed by atoms with Gasteiger partial charge >= 0.3 is 12.0 Å². The summed E-state index contributed by atoms with van der Waals surface area (Å²) in [6, 6.07) is 4.16. The molecule has 0 saturated carbocycles. The minimum Gasteiger partial charge on any atom is -0.469 e. The van der Waals surface area contributed by atoms with Crippen molar-refractivity contribution in [3.8, 4) is 5.75 Å². The van der Waals surface area contributed by atoms with Crippen LogP contribution < -0.4 is 15.4 Å². The number of halogens is 1. The first-order valence-electron chi connectivity index (χ1n) is 6.09. The van der Waals surface area contributed by atoms with Crippen molar-refractivity contribution in [3.63, 3.8) is 0 Å². The first-order valence-corrected chi connectivity index (χ1v) is 6.47. The largest absolute Gasteiger partial charge is 0.469 e. The highest BCUT2D eigenvalue weighted by atomic mass is 35.5. The number of methoxy groups -OCH3 is 1. The molecule has 6 nitrogen and oxygen atoms in total. The molecule has 7 heteroatoms. The fraction of sp³-hybridized carbons (Fsp3) is 0.385. The molecule has 1 saturated heterocycles. The zero-order valence-corrected chi connectivity index (χ0v) is 11.7. The Balaban J connectivity index is 2.16. The minimum atomic E-state index is -1.15. The van der Waals surface area contributed by atoms with Gasteiger partial charge in [-0.3, -0.25) is 10.1 Å². The van der Waals surface area contributed by atoms with E-state index in [-0.39, 0.29) is 0 Å². The van der Waals surface area contributed by atoms with Gasteiger partial charge in [0.05, 0.1) is 13.2 Å². The number of ether oxygens (including phenoxy) is 2. The topological polar surface area (TPSA) is 76.7 Å². The molecule has 2 aliphatic rings. The first-order chi connectivity index (χ1) is 9.44. The van der Waals surface area contributed by atoms with E-state index in [9.17, 15) is 9.59 Å². The summed E-state index contributed by atoms with van der Waals surface area (Å²) >= 11 is 5.99. The molecule has 20 heavy (non-hydrogen) atoms. The van der Waals surface area contributed by atoms with Crippen LogP contribution in [0.2, 0.25) is 5.02 Å². The van der Waals surface area contributed by atoms with E-state index >= 15 is 0 Å². The van der Waals surface area contributed by atoms with Gasteiger partial charge in [0.15, 0.2) is 5.72 Å². The second kappa shape index (κ2) is 4.28. The van der Waals surface area contributed by atoms with Crippen LogP contribution in [0.5, 0.6) is 5.75 Å². The molecule has 2 aliphatic heterocycles. The lowest BCUT2D eigenvalue weighted by atomic mass is 9.80. The molecule has 3 unspecified atom stereocenters. The minimum absolute atomic E-state index is 0.400. The normalized spacial score (nSPS) is 30.4. The summed E-state index contributed by atoms with van der Waals surface area (Å²) in [7, 11) is 1.30. The quantitative estimate of drug-likeness (QED) is 0.772. The SMILES string of the molecule is COC(=O)C1C2NC(=O)NC1(C)Oc1ccc(Cl)cc12. The smallest absolute Gasteiger partial charge is 0.318 e. The van der Waals surface area contributed by atoms with Crippen molar-refractivity contribution in [3.05, 3.63) is 28.8 Å². The van der Waals surface area contributed by atoms with Crippen LogP contribution in [0.1, 0.15) is 18.5 Å². The number of amides is 2. The molecule has 2 bridgehead atoms. The van der Waals surface area contributed by atoms with Crippen molar-refractivity contribution < 1.29 is 19.1 Å². The summed E-state index contributed by atoms with van der Waals surface area (Å²) in [6.45, 7) is 1.65. The number of benzene rings is 1. The van der Waals surface area contributed by atoms with Gasteiger partial charge in [-0.1, -0.05) is 11.6 Å². The van der Waals surface area contributed by atoms with Crippen LogP contribution in [0.15, 0.2) is 18.2 Å². The molecule has 1 aromatic rings. The molecule has 1 aromatic carbocycles. The third kappa shape index (κ3) is 1.79. The van der Waals surface area contributed by atoms with Gasteiger partial charge in [0, 0.05) is 10.6 Å². The Labute approximate surface area is 120 Å². The molecule has 2 N–H and O–H groups in total. The molecular formula is C13H13ClN2O4. The Bertz CT molecular complexity index is 606. The van der Waals surface area contributed by atoms with Crippen LogP contribution in [0, 0.1) is 5.92 Å². The Hall–Kier alpha value is -1.95. The highest BCUT2D eigenvalue weighted by Gasteiger charge is 2.56. The summed E-state index contributed by atoms with van der Waals surface area (Å²) in [5.41, 5.74) is -0.485. The van der Waals surface area contributed by atoms with Gasteiger partial charge in [-0.2, -0.15) is 0 Å². The molecule has 3 rings (SSSR count). The molecule has 0 aliphatic carbocycles. The molecule has 3 atom stereocenters. The molecule has 2 amide bonds. The van der Waals surface area contributed by atoms with E-state index in [0.717, 1.165) is 0 Å². The average molecular weight is 297 g/mol. The van der Waals surface area contributed by atoms with E-state index in [1.54, 1.807) is 25.1 Å². The maximum absolute atomic E-state index is 12.1. The second-order valence-electron chi connectivity index (χ2n) is 4.97. The maximum Gasteiger partial charge on any atom is 0.318 e. The lowest BCUT2D eigenvalue weighted by Crippen LogP contribution is -2.70. The maximum atomic E-state index is 12.1. The van der Waals surface area contributed by atoms with Crippen LogP contribution in [0.3, 0.4) is 0 Å². The number of rotatable bonds is 1. The van der Waals surface area contributed by atoms with Crippen LogP contribution in [-0.2, 0) is 9.53 Å². The molecule has 106 valence electrons. The Morgan fingerprint density at radius 3 is 2.95 bits per heavy atom. The van der Waals surface area contributed by atoms with Gasteiger partial charge in [-0.05, 0) is 25.1 Å². The Kier molecular flexibility index (Phi) is 2.79. The third-order valence-corrected chi connectivity index (χ3v) is 3.89. The molecule has 0 spiro atoms. The number of nitrogens with one attached hydrogen (secondary N) is 2. The number of urea groups is 1. The van der Waals surface area contributed by atoms with E-state index in [4.69, 9.17) is 21.1 Å². The molecule has 1 fully saturated rings. The number of fused-ring (bicyclic) bond motifs is 4. The van der Waals surface area contributed by atoms with E-state index in [2.05, 4.69) is 10.6 Å². The number of esters is 1. The highest BCUT2D eigenvalue weighted by Crippen LogP contribution is 2.45. The summed E-state index contributed by atoms with van der Waals surface area (Å²) in [6.07, 6.45) is 0. The van der Waals surface area contributed by atoms with Crippen molar-refractivity contribution in [2.24, 2.45) is 5.92 Å². The summed E-state index contributed by atoms with van der Waals surface area (Å²) in [5.74, 6) is -0.582.